The Bertz CT molecular complexity index is 284. The van der Waals surface area contributed by atoms with Gasteiger partial charge in [-0.3, -0.25) is 0 Å². The lowest BCUT2D eigenvalue weighted by Crippen LogP contribution is -2.32. The summed E-state index contributed by atoms with van der Waals surface area (Å²) >= 11 is 0. The average Bonchev–Trinajstić information content (AvgIpc) is 2.90. The predicted molar refractivity (Wildman–Crippen MR) is 62.3 cm³/mol. The Morgan fingerprint density at radius 3 is 2.53 bits per heavy atom. The van der Waals surface area contributed by atoms with E-state index in [2.05, 4.69) is 17.0 Å². The van der Waals surface area contributed by atoms with E-state index in [4.69, 9.17) is 0 Å². The SMILES string of the molecule is CCNCCCS(=O)(=O)NCC1(C)CC1. The Kier molecular flexibility index (Phi) is 4.55. The average molecular weight is 234 g/mol. The first kappa shape index (κ1) is 12.9. The van der Waals surface area contributed by atoms with Crippen LogP contribution in [0.2, 0.25) is 0 Å². The van der Waals surface area contributed by atoms with Gasteiger partial charge in [-0.05, 0) is 37.8 Å². The van der Waals surface area contributed by atoms with Crippen LogP contribution < -0.4 is 10.0 Å². The fraction of sp³-hybridized carbons (Fsp3) is 1.00. The highest BCUT2D eigenvalue weighted by atomic mass is 32.2. The Morgan fingerprint density at radius 2 is 2.00 bits per heavy atom. The molecule has 90 valence electrons. The van der Waals surface area contributed by atoms with E-state index in [0.29, 0.717) is 13.0 Å². The number of rotatable bonds is 8. The summed E-state index contributed by atoms with van der Waals surface area (Å²) in [5, 5.41) is 3.11. The molecule has 15 heavy (non-hydrogen) atoms. The molecule has 2 N–H and O–H groups in total. The number of hydrogen-bond donors (Lipinski definition) is 2. The molecule has 0 unspecified atom stereocenters. The van der Waals surface area contributed by atoms with Gasteiger partial charge < -0.3 is 5.32 Å². The fourth-order valence-electron chi connectivity index (χ4n) is 1.31. The van der Waals surface area contributed by atoms with Gasteiger partial charge in [0, 0.05) is 6.54 Å². The number of nitrogens with one attached hydrogen (secondary N) is 2. The monoisotopic (exact) mass is 234 g/mol. The summed E-state index contributed by atoms with van der Waals surface area (Å²) in [6.07, 6.45) is 2.97. The summed E-state index contributed by atoms with van der Waals surface area (Å²) in [6.45, 7) is 6.41. The van der Waals surface area contributed by atoms with Gasteiger partial charge in [0.05, 0.1) is 5.75 Å². The molecular weight excluding hydrogens is 212 g/mol. The third-order valence-corrected chi connectivity index (χ3v) is 4.25. The molecule has 0 atom stereocenters. The van der Waals surface area contributed by atoms with Gasteiger partial charge in [0.1, 0.15) is 0 Å². The van der Waals surface area contributed by atoms with E-state index in [9.17, 15) is 8.42 Å². The largest absolute Gasteiger partial charge is 0.317 e. The summed E-state index contributed by atoms with van der Waals surface area (Å²) < 4.78 is 25.7. The maximum atomic E-state index is 11.5. The van der Waals surface area contributed by atoms with Gasteiger partial charge in [-0.1, -0.05) is 13.8 Å². The molecule has 1 rings (SSSR count). The van der Waals surface area contributed by atoms with Crippen molar-refractivity contribution >= 4 is 10.0 Å². The molecule has 1 aliphatic carbocycles. The van der Waals surface area contributed by atoms with E-state index in [1.54, 1.807) is 0 Å². The van der Waals surface area contributed by atoms with Gasteiger partial charge in [-0.25, -0.2) is 13.1 Å². The third kappa shape index (κ3) is 5.49. The van der Waals surface area contributed by atoms with E-state index in [1.807, 2.05) is 6.92 Å². The highest BCUT2D eigenvalue weighted by molar-refractivity contribution is 7.89. The van der Waals surface area contributed by atoms with Crippen LogP contribution in [0.25, 0.3) is 0 Å². The van der Waals surface area contributed by atoms with Crippen molar-refractivity contribution in [1.29, 1.82) is 0 Å². The molecule has 4 nitrogen and oxygen atoms in total. The zero-order valence-electron chi connectivity index (χ0n) is 9.67. The Balaban J connectivity index is 2.14. The number of sulfonamides is 1. The Labute approximate surface area is 92.9 Å². The van der Waals surface area contributed by atoms with E-state index < -0.39 is 10.0 Å². The Morgan fingerprint density at radius 1 is 1.33 bits per heavy atom. The molecule has 1 fully saturated rings. The van der Waals surface area contributed by atoms with Crippen LogP contribution >= 0.6 is 0 Å². The van der Waals surface area contributed by atoms with Gasteiger partial charge in [0.15, 0.2) is 0 Å². The second-order valence-electron chi connectivity index (χ2n) is 4.66. The van der Waals surface area contributed by atoms with Crippen LogP contribution in [0.15, 0.2) is 0 Å². The second-order valence-corrected chi connectivity index (χ2v) is 6.58. The van der Waals surface area contributed by atoms with Crippen molar-refractivity contribution in [2.45, 2.75) is 33.1 Å². The van der Waals surface area contributed by atoms with Gasteiger partial charge in [0.2, 0.25) is 10.0 Å². The molecule has 1 saturated carbocycles. The first-order valence-corrected chi connectivity index (χ1v) is 7.31. The van der Waals surface area contributed by atoms with Gasteiger partial charge in [-0.2, -0.15) is 0 Å². The smallest absolute Gasteiger partial charge is 0.211 e. The molecule has 0 bridgehead atoms. The fourth-order valence-corrected chi connectivity index (χ4v) is 2.55. The van der Waals surface area contributed by atoms with Crippen LogP contribution in [0, 0.1) is 5.41 Å². The van der Waals surface area contributed by atoms with Gasteiger partial charge >= 0.3 is 0 Å². The molecule has 0 heterocycles. The summed E-state index contributed by atoms with van der Waals surface area (Å²) in [7, 11) is -3.05. The minimum absolute atomic E-state index is 0.232. The van der Waals surface area contributed by atoms with Gasteiger partial charge in [-0.15, -0.1) is 0 Å². The van der Waals surface area contributed by atoms with Crippen molar-refractivity contribution in [1.82, 2.24) is 10.0 Å². The molecule has 0 aliphatic heterocycles. The van der Waals surface area contributed by atoms with Crippen molar-refractivity contribution < 1.29 is 8.42 Å². The molecular formula is C10H22N2O2S. The van der Waals surface area contributed by atoms with Crippen LogP contribution in [-0.4, -0.2) is 33.8 Å². The van der Waals surface area contributed by atoms with E-state index >= 15 is 0 Å². The maximum absolute atomic E-state index is 11.5. The first-order valence-electron chi connectivity index (χ1n) is 5.65. The lowest BCUT2D eigenvalue weighted by atomic mass is 10.2. The minimum atomic E-state index is -3.05. The maximum Gasteiger partial charge on any atom is 0.211 e. The molecule has 0 aromatic carbocycles. The van der Waals surface area contributed by atoms with E-state index in [0.717, 1.165) is 25.9 Å². The molecule has 0 spiro atoms. The third-order valence-electron chi connectivity index (χ3n) is 2.84. The normalized spacial score (nSPS) is 19.1. The van der Waals surface area contributed by atoms with Crippen LogP contribution in [0.5, 0.6) is 0 Å². The van der Waals surface area contributed by atoms with Gasteiger partial charge in [0.25, 0.3) is 0 Å². The molecule has 0 amide bonds. The summed E-state index contributed by atoms with van der Waals surface area (Å²) in [4.78, 5) is 0. The van der Waals surface area contributed by atoms with Crippen molar-refractivity contribution in [2.24, 2.45) is 5.41 Å². The molecule has 5 heteroatoms. The second kappa shape index (κ2) is 5.27. The zero-order valence-corrected chi connectivity index (χ0v) is 10.5. The highest BCUT2D eigenvalue weighted by Crippen LogP contribution is 2.44. The van der Waals surface area contributed by atoms with E-state index in [-0.39, 0.29) is 11.2 Å². The van der Waals surface area contributed by atoms with Crippen molar-refractivity contribution in [3.8, 4) is 0 Å². The lowest BCUT2D eigenvalue weighted by molar-refractivity contribution is 0.528. The van der Waals surface area contributed by atoms with Crippen LogP contribution in [0.1, 0.15) is 33.1 Å². The molecule has 0 saturated heterocycles. The van der Waals surface area contributed by atoms with Crippen LogP contribution in [-0.2, 0) is 10.0 Å². The standard InChI is InChI=1S/C10H22N2O2S/c1-3-11-7-4-8-15(13,14)12-9-10(2)5-6-10/h11-12H,3-9H2,1-2H3. The van der Waals surface area contributed by atoms with Crippen LogP contribution in [0.4, 0.5) is 0 Å². The van der Waals surface area contributed by atoms with Crippen molar-refractivity contribution in [3.05, 3.63) is 0 Å². The quantitative estimate of drug-likeness (QED) is 0.608. The molecule has 0 aromatic heterocycles. The lowest BCUT2D eigenvalue weighted by Gasteiger charge is -2.10. The van der Waals surface area contributed by atoms with E-state index in [1.165, 1.54) is 0 Å². The Hall–Kier alpha value is -0.130. The molecule has 0 aromatic rings. The predicted octanol–water partition coefficient (Wildman–Crippen LogP) is 0.706. The molecule has 0 radical (unpaired) electrons. The summed E-state index contributed by atoms with van der Waals surface area (Å²) in [5.41, 5.74) is 0.245. The summed E-state index contributed by atoms with van der Waals surface area (Å²) in [5.74, 6) is 0.232. The highest BCUT2D eigenvalue weighted by Gasteiger charge is 2.37. The van der Waals surface area contributed by atoms with Crippen LogP contribution in [0.3, 0.4) is 0 Å². The topological polar surface area (TPSA) is 58.2 Å². The first-order chi connectivity index (χ1) is 6.97. The summed E-state index contributed by atoms with van der Waals surface area (Å²) in [6, 6.07) is 0. The van der Waals surface area contributed by atoms with Crippen molar-refractivity contribution in [3.63, 3.8) is 0 Å². The molecule has 1 aliphatic rings. The zero-order chi connectivity index (χ0) is 11.4. The van der Waals surface area contributed by atoms with Crippen molar-refractivity contribution in [2.75, 3.05) is 25.4 Å². The minimum Gasteiger partial charge on any atom is -0.317 e. The number of hydrogen-bond acceptors (Lipinski definition) is 3.